The third kappa shape index (κ3) is 12.0. The van der Waals surface area contributed by atoms with Gasteiger partial charge < -0.3 is 54.8 Å². The van der Waals surface area contributed by atoms with Crippen molar-refractivity contribution >= 4 is 111 Å². The van der Waals surface area contributed by atoms with Crippen molar-refractivity contribution in [1.82, 2.24) is 35.1 Å². The summed E-state index contributed by atoms with van der Waals surface area (Å²) in [5.41, 5.74) is 14.3. The molecule has 0 atom stereocenters. The lowest BCUT2D eigenvalue weighted by Gasteiger charge is -2.32. The van der Waals surface area contributed by atoms with Gasteiger partial charge in [-0.3, -0.25) is 24.3 Å². The van der Waals surface area contributed by atoms with Crippen molar-refractivity contribution < 1.29 is 48.0 Å². The molecule has 7 heterocycles. The van der Waals surface area contributed by atoms with E-state index in [0.717, 1.165) is 92.4 Å². The van der Waals surface area contributed by atoms with Crippen LogP contribution >= 0.6 is 0 Å². The monoisotopic (exact) mass is 1000 g/mol. The zero-order chi connectivity index (χ0) is 53.8. The summed E-state index contributed by atoms with van der Waals surface area (Å²) in [4.78, 5) is 57.8. The molecule has 0 bridgehead atoms. The number of carbonyl (C=O) groups is 4. The molecule has 2 aliphatic rings. The van der Waals surface area contributed by atoms with E-state index < -0.39 is 19.1 Å². The highest BCUT2D eigenvalue weighted by atomic mass is 16.7. The van der Waals surface area contributed by atoms with E-state index in [1.807, 2.05) is 82.4 Å². The second-order valence-corrected chi connectivity index (χ2v) is 19.6. The summed E-state index contributed by atoms with van der Waals surface area (Å²) >= 11 is 0. The van der Waals surface area contributed by atoms with Crippen molar-refractivity contribution in [2.45, 2.75) is 91.6 Å². The summed E-state index contributed by atoms with van der Waals surface area (Å²) < 4.78 is 24.1. The number of aromatic nitrogens is 7. The van der Waals surface area contributed by atoms with Gasteiger partial charge in [-0.15, -0.1) is 0 Å². The molecule has 0 amide bonds. The Morgan fingerprint density at radius 2 is 1.16 bits per heavy atom. The maximum absolute atomic E-state index is 11.3. The zero-order valence-corrected chi connectivity index (χ0v) is 42.8. The molecule has 0 spiro atoms. The van der Waals surface area contributed by atoms with E-state index in [1.165, 1.54) is 5.39 Å². The molecule has 9 aromatic rings. The largest absolute Gasteiger partial charge is 0.494 e. The second-order valence-electron chi connectivity index (χ2n) is 19.6. The first-order chi connectivity index (χ1) is 34.9. The number of fused-ring (bicyclic) bond motifs is 4. The molecule has 0 saturated carbocycles. The SMILES string of the molecule is CC(=O)O.CC(=O)O.CC1(C)OB(c2ccc3[nH]cc(C=O)c3c2)OC1(C)C.CC1(C)OB(c2ccc3[nH]ccc3c2)OC1(C)C.Nc1nccc(Nc2cc(-c3ccc4[nH]cc(C=O)c4c3)c3[nH]ncc3c2)n1. The predicted molar refractivity (Wildman–Crippen MR) is 289 cm³/mol. The van der Waals surface area contributed by atoms with Crippen molar-refractivity contribution in [2.75, 3.05) is 11.1 Å². The van der Waals surface area contributed by atoms with Crippen LogP contribution in [0.1, 0.15) is 90.0 Å². The molecule has 0 radical (unpaired) electrons. The second kappa shape index (κ2) is 21.5. The number of benzene rings is 4. The van der Waals surface area contributed by atoms with Gasteiger partial charge in [0.25, 0.3) is 11.9 Å². The predicted octanol–water partition coefficient (Wildman–Crippen LogP) is 8.57. The number of nitrogens with zero attached hydrogens (tertiary/aromatic N) is 3. The number of aromatic amines is 4. The zero-order valence-electron chi connectivity index (χ0n) is 42.8. The van der Waals surface area contributed by atoms with E-state index in [0.29, 0.717) is 16.9 Å². The summed E-state index contributed by atoms with van der Waals surface area (Å²) in [5, 5.41) is 29.2. The number of rotatable bonds is 7. The number of H-pyrrole nitrogens is 4. The molecule has 2 aliphatic heterocycles. The normalized spacial score (nSPS) is 15.7. The van der Waals surface area contributed by atoms with Crippen LogP contribution in [0.5, 0.6) is 0 Å². The highest BCUT2D eigenvalue weighted by molar-refractivity contribution is 6.63. The molecule has 0 unspecified atom stereocenters. The van der Waals surface area contributed by atoms with Gasteiger partial charge in [0.15, 0.2) is 12.6 Å². The van der Waals surface area contributed by atoms with Crippen LogP contribution in [0.25, 0.3) is 54.7 Å². The molecule has 11 rings (SSSR count). The minimum Gasteiger partial charge on any atom is -0.481 e. The lowest BCUT2D eigenvalue weighted by molar-refractivity contribution is -0.135. The summed E-state index contributed by atoms with van der Waals surface area (Å²) in [7, 11) is -0.687. The summed E-state index contributed by atoms with van der Waals surface area (Å²) in [6.45, 7) is 18.6. The fraction of sp³-hybridized carbons (Fsp3) is 0.264. The Labute approximate surface area is 427 Å². The van der Waals surface area contributed by atoms with Crippen molar-refractivity contribution in [3.63, 3.8) is 0 Å². The third-order valence-electron chi connectivity index (χ3n) is 13.1. The van der Waals surface area contributed by atoms with Gasteiger partial charge in [-0.2, -0.15) is 10.1 Å². The number of nitrogens with one attached hydrogen (secondary N) is 5. The van der Waals surface area contributed by atoms with Crippen LogP contribution in [0.15, 0.2) is 110 Å². The van der Waals surface area contributed by atoms with Crippen molar-refractivity contribution in [1.29, 1.82) is 0 Å². The van der Waals surface area contributed by atoms with Crippen LogP contribution < -0.4 is 22.0 Å². The Bertz CT molecular complexity index is 3440. The molecular formula is C53H59B2N9O10. The Morgan fingerprint density at radius 3 is 1.70 bits per heavy atom. The van der Waals surface area contributed by atoms with Gasteiger partial charge >= 0.3 is 14.2 Å². The van der Waals surface area contributed by atoms with Gasteiger partial charge in [-0.1, -0.05) is 30.3 Å². The Kier molecular flexibility index (Phi) is 15.6. The Morgan fingerprint density at radius 1 is 0.649 bits per heavy atom. The van der Waals surface area contributed by atoms with Crippen LogP contribution in [0.3, 0.4) is 0 Å². The maximum atomic E-state index is 11.3. The minimum absolute atomic E-state index is 0.203. The van der Waals surface area contributed by atoms with Crippen molar-refractivity contribution in [3.8, 4) is 11.1 Å². The highest BCUT2D eigenvalue weighted by Crippen LogP contribution is 2.38. The standard InChI is InChI=1S/C20H15N7O.C15H18BNO3.C14H18BNO2.2C2H4O2/c21-20-22-4-3-18(26-20)25-14-5-12-9-24-27-19(12)16(7-14)11-1-2-17-15(6-11)13(10-28)8-23-17;1-14(2)15(3,4)20-16(19-14)11-5-6-13-12(7-11)10(9-18)8-17-13;1-13(2)14(3,4)18-15(17-13)11-5-6-12-10(9-11)7-8-16-12;2*1-2(3)4/h1-10,23H,(H,24,27)(H3,21,22,25,26);5-9,17H,1-4H3;5-9,16H,1-4H3;2*1H3,(H,3,4). The number of carboxylic acid groups (broad SMARTS) is 2. The summed E-state index contributed by atoms with van der Waals surface area (Å²) in [5.74, 6) is -0.862. The highest BCUT2D eigenvalue weighted by Gasteiger charge is 2.52. The van der Waals surface area contributed by atoms with Crippen LogP contribution in [0.2, 0.25) is 0 Å². The van der Waals surface area contributed by atoms with E-state index in [9.17, 15) is 9.59 Å². The third-order valence-corrected chi connectivity index (χ3v) is 13.1. The van der Waals surface area contributed by atoms with E-state index in [2.05, 4.69) is 92.4 Å². The average molecular weight is 1000 g/mol. The molecular weight excluding hydrogens is 944 g/mol. The van der Waals surface area contributed by atoms with Crippen molar-refractivity contribution in [3.05, 3.63) is 121 Å². The molecule has 2 fully saturated rings. The van der Waals surface area contributed by atoms with E-state index in [-0.39, 0.29) is 35.5 Å². The number of aldehydes is 2. The fourth-order valence-electron chi connectivity index (χ4n) is 7.94. The van der Waals surface area contributed by atoms with Crippen LogP contribution in [-0.4, -0.2) is 106 Å². The minimum atomic E-state index is -0.833. The quantitative estimate of drug-likeness (QED) is 0.0548. The number of anilines is 3. The number of hydrogen-bond acceptors (Lipinski definition) is 13. The van der Waals surface area contributed by atoms with Gasteiger partial charge in [-0.05, 0) is 126 Å². The number of carbonyl (C=O) groups excluding carboxylic acids is 2. The first kappa shape index (κ1) is 53.7. The number of nitrogens with two attached hydrogens (primary N) is 1. The van der Waals surface area contributed by atoms with Gasteiger partial charge in [0.2, 0.25) is 5.95 Å². The van der Waals surface area contributed by atoms with Crippen LogP contribution in [0, 0.1) is 0 Å². The van der Waals surface area contributed by atoms with Gasteiger partial charge in [0.05, 0.1) is 34.1 Å². The molecule has 4 aromatic carbocycles. The summed E-state index contributed by atoms with van der Waals surface area (Å²) in [6, 6.07) is 25.9. The number of carboxylic acids is 2. The molecule has 5 aromatic heterocycles. The number of hydrogen-bond donors (Lipinski definition) is 8. The van der Waals surface area contributed by atoms with Gasteiger partial charge in [0, 0.05) is 93.7 Å². The van der Waals surface area contributed by atoms with E-state index >= 15 is 0 Å². The maximum Gasteiger partial charge on any atom is 0.494 e. The number of aliphatic carboxylic acids is 2. The van der Waals surface area contributed by atoms with Gasteiger partial charge in [0.1, 0.15) is 5.82 Å². The molecule has 9 N–H and O–H groups in total. The lowest BCUT2D eigenvalue weighted by atomic mass is 9.78. The molecule has 74 heavy (non-hydrogen) atoms. The molecule has 382 valence electrons. The Balaban J connectivity index is 0.000000155. The first-order valence-corrected chi connectivity index (χ1v) is 23.5. The average Bonchev–Trinajstić information content (AvgIpc) is 4.19. The molecule has 2 saturated heterocycles. The molecule has 0 aliphatic carbocycles. The smallest absolute Gasteiger partial charge is 0.481 e. The van der Waals surface area contributed by atoms with Gasteiger partial charge in [-0.25, -0.2) is 4.98 Å². The fourth-order valence-corrected chi connectivity index (χ4v) is 7.94. The van der Waals surface area contributed by atoms with Crippen LogP contribution in [-0.2, 0) is 28.2 Å². The Hall–Kier alpha value is -8.10. The van der Waals surface area contributed by atoms with E-state index in [4.69, 9.17) is 44.2 Å². The summed E-state index contributed by atoms with van der Waals surface area (Å²) in [6.07, 6.45) is 10.4. The van der Waals surface area contributed by atoms with E-state index in [1.54, 1.807) is 30.9 Å². The van der Waals surface area contributed by atoms with Crippen molar-refractivity contribution in [2.24, 2.45) is 0 Å². The lowest BCUT2D eigenvalue weighted by Crippen LogP contribution is -2.41. The number of nitrogen functional groups attached to an aromatic ring is 1. The molecule has 21 heteroatoms. The first-order valence-electron chi connectivity index (χ1n) is 23.5. The topological polar surface area (TPSA) is 286 Å². The molecule has 19 nitrogen and oxygen atoms in total. The van der Waals surface area contributed by atoms with Crippen LogP contribution in [0.4, 0.5) is 17.5 Å².